The Hall–Kier alpha value is -2.15. The number of benzene rings is 1. The fourth-order valence-corrected chi connectivity index (χ4v) is 3.16. The summed E-state index contributed by atoms with van der Waals surface area (Å²) in [4.78, 5) is 13.1. The van der Waals surface area contributed by atoms with E-state index in [0.717, 1.165) is 25.1 Å². The van der Waals surface area contributed by atoms with Crippen molar-refractivity contribution in [3.8, 4) is 5.75 Å². The largest absolute Gasteiger partial charge is 0.487 e. The van der Waals surface area contributed by atoms with Gasteiger partial charge in [0, 0.05) is 37.2 Å². The van der Waals surface area contributed by atoms with Crippen LogP contribution in [0.4, 0.5) is 5.69 Å². The number of nitrogens with one attached hydrogen (secondary N) is 1. The molecule has 7 nitrogen and oxygen atoms in total. The Morgan fingerprint density at radius 2 is 2.36 bits per heavy atom. The number of likely N-dealkylation sites (tertiary alicyclic amines) is 1. The van der Waals surface area contributed by atoms with Crippen LogP contribution in [-0.4, -0.2) is 42.3 Å². The first-order valence-electron chi connectivity index (χ1n) is 7.51. The number of hydrogen-bond donors (Lipinski definition) is 1. The lowest BCUT2D eigenvalue weighted by Crippen LogP contribution is -2.39. The van der Waals surface area contributed by atoms with Crippen molar-refractivity contribution < 1.29 is 9.66 Å². The molecule has 22 heavy (non-hydrogen) atoms. The Kier molecular flexibility index (Phi) is 3.98. The van der Waals surface area contributed by atoms with Crippen LogP contribution in [0.15, 0.2) is 23.3 Å². The molecule has 1 N–H and O–H groups in total. The van der Waals surface area contributed by atoms with E-state index in [4.69, 9.17) is 4.74 Å². The summed E-state index contributed by atoms with van der Waals surface area (Å²) in [6.45, 7) is 4.14. The quantitative estimate of drug-likeness (QED) is 0.679. The SMILES string of the molecule is CCOc1ccc(C2NN=C3CCN(C)CC32)cc1[N+](=O)[O-]. The van der Waals surface area contributed by atoms with Crippen molar-refractivity contribution in [2.75, 3.05) is 26.7 Å². The van der Waals surface area contributed by atoms with Crippen LogP contribution in [-0.2, 0) is 0 Å². The summed E-state index contributed by atoms with van der Waals surface area (Å²) in [6.07, 6.45) is 0.948. The van der Waals surface area contributed by atoms with E-state index >= 15 is 0 Å². The molecular formula is C15H20N4O3. The zero-order chi connectivity index (χ0) is 15.7. The van der Waals surface area contributed by atoms with Crippen LogP contribution in [0, 0.1) is 16.0 Å². The lowest BCUT2D eigenvalue weighted by atomic mass is 9.86. The second-order valence-corrected chi connectivity index (χ2v) is 5.75. The molecule has 0 aliphatic carbocycles. The summed E-state index contributed by atoms with van der Waals surface area (Å²) in [5.41, 5.74) is 5.21. The molecule has 1 aromatic rings. The van der Waals surface area contributed by atoms with Gasteiger partial charge in [-0.2, -0.15) is 5.10 Å². The second kappa shape index (κ2) is 5.92. The smallest absolute Gasteiger partial charge is 0.311 e. The van der Waals surface area contributed by atoms with Gasteiger partial charge < -0.3 is 15.1 Å². The molecule has 0 aromatic heterocycles. The van der Waals surface area contributed by atoms with E-state index in [9.17, 15) is 10.1 Å². The Morgan fingerprint density at radius 1 is 1.55 bits per heavy atom. The Balaban J connectivity index is 1.89. The minimum Gasteiger partial charge on any atom is -0.487 e. The maximum Gasteiger partial charge on any atom is 0.311 e. The number of ether oxygens (including phenoxy) is 1. The lowest BCUT2D eigenvalue weighted by Gasteiger charge is -2.30. The van der Waals surface area contributed by atoms with Crippen LogP contribution in [0.1, 0.15) is 24.9 Å². The summed E-state index contributed by atoms with van der Waals surface area (Å²) in [6, 6.07) is 5.17. The number of hydrogen-bond acceptors (Lipinski definition) is 6. The predicted octanol–water partition coefficient (Wildman–Crippen LogP) is 1.95. The van der Waals surface area contributed by atoms with E-state index in [1.54, 1.807) is 12.1 Å². The van der Waals surface area contributed by atoms with E-state index < -0.39 is 4.92 Å². The maximum absolute atomic E-state index is 11.3. The molecule has 3 rings (SSSR count). The molecule has 1 aromatic carbocycles. The van der Waals surface area contributed by atoms with Crippen LogP contribution in [0.25, 0.3) is 0 Å². The Bertz CT molecular complexity index is 617. The third kappa shape index (κ3) is 2.64. The van der Waals surface area contributed by atoms with Gasteiger partial charge in [-0.1, -0.05) is 6.07 Å². The molecule has 0 saturated carbocycles. The van der Waals surface area contributed by atoms with Crippen LogP contribution < -0.4 is 10.2 Å². The van der Waals surface area contributed by atoms with Crippen molar-refractivity contribution in [2.24, 2.45) is 11.0 Å². The van der Waals surface area contributed by atoms with Crippen molar-refractivity contribution in [3.63, 3.8) is 0 Å². The molecule has 2 atom stereocenters. The molecule has 1 fully saturated rings. The van der Waals surface area contributed by atoms with Gasteiger partial charge in [0.05, 0.1) is 17.6 Å². The van der Waals surface area contributed by atoms with Crippen molar-refractivity contribution in [2.45, 2.75) is 19.4 Å². The fourth-order valence-electron chi connectivity index (χ4n) is 3.16. The van der Waals surface area contributed by atoms with Crippen LogP contribution in [0.3, 0.4) is 0 Å². The van der Waals surface area contributed by atoms with Gasteiger partial charge in [0.1, 0.15) is 0 Å². The summed E-state index contributed by atoms with van der Waals surface area (Å²) < 4.78 is 5.34. The highest BCUT2D eigenvalue weighted by Gasteiger charge is 2.36. The lowest BCUT2D eigenvalue weighted by molar-refractivity contribution is -0.385. The molecule has 7 heteroatoms. The number of nitrogens with zero attached hydrogens (tertiary/aromatic N) is 3. The van der Waals surface area contributed by atoms with Crippen LogP contribution in [0.5, 0.6) is 5.75 Å². The minimum absolute atomic E-state index is 0.00729. The molecule has 2 aliphatic rings. The van der Waals surface area contributed by atoms with Gasteiger partial charge in [0.15, 0.2) is 5.75 Å². The summed E-state index contributed by atoms with van der Waals surface area (Å²) in [5.74, 6) is 0.590. The van der Waals surface area contributed by atoms with E-state index in [1.807, 2.05) is 13.0 Å². The Labute approximate surface area is 129 Å². The van der Waals surface area contributed by atoms with Crippen molar-refractivity contribution in [3.05, 3.63) is 33.9 Å². The molecule has 0 radical (unpaired) electrons. The third-order valence-corrected chi connectivity index (χ3v) is 4.27. The molecule has 2 heterocycles. The monoisotopic (exact) mass is 304 g/mol. The Morgan fingerprint density at radius 3 is 3.09 bits per heavy atom. The average molecular weight is 304 g/mol. The third-order valence-electron chi connectivity index (χ3n) is 4.27. The van der Waals surface area contributed by atoms with Gasteiger partial charge in [0.2, 0.25) is 0 Å². The number of nitro benzene ring substituents is 1. The second-order valence-electron chi connectivity index (χ2n) is 5.75. The summed E-state index contributed by atoms with van der Waals surface area (Å²) in [7, 11) is 2.09. The highest BCUT2D eigenvalue weighted by atomic mass is 16.6. The molecule has 1 saturated heterocycles. The molecule has 0 spiro atoms. The maximum atomic E-state index is 11.3. The molecule has 2 unspecified atom stereocenters. The fraction of sp³-hybridized carbons (Fsp3) is 0.533. The van der Waals surface area contributed by atoms with E-state index in [-0.39, 0.29) is 17.6 Å². The van der Waals surface area contributed by atoms with Crippen molar-refractivity contribution in [1.29, 1.82) is 0 Å². The number of rotatable bonds is 4. The van der Waals surface area contributed by atoms with E-state index in [1.165, 1.54) is 5.71 Å². The van der Waals surface area contributed by atoms with Crippen LogP contribution >= 0.6 is 0 Å². The van der Waals surface area contributed by atoms with E-state index in [0.29, 0.717) is 12.4 Å². The van der Waals surface area contributed by atoms with Crippen molar-refractivity contribution in [1.82, 2.24) is 10.3 Å². The number of hydrazone groups is 1. The molecule has 0 bridgehead atoms. The molecule has 0 amide bonds. The zero-order valence-corrected chi connectivity index (χ0v) is 12.8. The predicted molar refractivity (Wildman–Crippen MR) is 83.2 cm³/mol. The number of nitro groups is 1. The normalized spacial score (nSPS) is 24.4. The highest BCUT2D eigenvalue weighted by Crippen LogP contribution is 2.36. The molecule has 118 valence electrons. The molecule has 2 aliphatic heterocycles. The van der Waals surface area contributed by atoms with Gasteiger partial charge in [0.25, 0.3) is 0 Å². The van der Waals surface area contributed by atoms with E-state index in [2.05, 4.69) is 22.5 Å². The highest BCUT2D eigenvalue weighted by molar-refractivity contribution is 5.90. The van der Waals surface area contributed by atoms with Gasteiger partial charge in [-0.25, -0.2) is 0 Å². The first-order chi connectivity index (χ1) is 10.6. The topological polar surface area (TPSA) is 80.0 Å². The van der Waals surface area contributed by atoms with Gasteiger partial charge in [-0.05, 0) is 25.6 Å². The van der Waals surface area contributed by atoms with Gasteiger partial charge in [-0.15, -0.1) is 0 Å². The van der Waals surface area contributed by atoms with Gasteiger partial charge in [-0.3, -0.25) is 10.1 Å². The number of fused-ring (bicyclic) bond motifs is 1. The first-order valence-corrected chi connectivity index (χ1v) is 7.51. The van der Waals surface area contributed by atoms with Gasteiger partial charge >= 0.3 is 5.69 Å². The number of piperidine rings is 1. The summed E-state index contributed by atoms with van der Waals surface area (Å²) >= 11 is 0. The van der Waals surface area contributed by atoms with Crippen molar-refractivity contribution >= 4 is 11.4 Å². The summed E-state index contributed by atoms with van der Waals surface area (Å²) in [5, 5.41) is 15.7. The standard InChI is InChI=1S/C15H20N4O3/c1-3-22-14-5-4-10(8-13(14)19(20)21)15-11-9-18(2)7-6-12(11)16-17-15/h4-5,8,11,15,17H,3,6-7,9H2,1-2H3. The first kappa shape index (κ1) is 14.8. The molecular weight excluding hydrogens is 284 g/mol. The zero-order valence-electron chi connectivity index (χ0n) is 12.8. The average Bonchev–Trinajstić information content (AvgIpc) is 2.90. The minimum atomic E-state index is -0.391. The van der Waals surface area contributed by atoms with Crippen LogP contribution in [0.2, 0.25) is 0 Å².